The fourth-order valence-corrected chi connectivity index (χ4v) is 2.48. The molecule has 0 aliphatic carbocycles. The van der Waals surface area contributed by atoms with E-state index < -0.39 is 22.1 Å². The van der Waals surface area contributed by atoms with Crippen LogP contribution < -0.4 is 5.73 Å². The van der Waals surface area contributed by atoms with Crippen molar-refractivity contribution in [1.82, 2.24) is 9.80 Å². The molecule has 9 heteroatoms. The first kappa shape index (κ1) is 19.6. The molecular weight excluding hydrogens is 306 g/mol. The first-order valence-corrected chi connectivity index (χ1v) is 7.38. The Morgan fingerprint density at radius 2 is 1.85 bits per heavy atom. The molecule has 1 amide bonds. The van der Waals surface area contributed by atoms with E-state index in [4.69, 9.17) is 10.5 Å². The highest BCUT2D eigenvalue weighted by Gasteiger charge is 2.28. The van der Waals surface area contributed by atoms with E-state index in [1.807, 2.05) is 20.8 Å². The van der Waals surface area contributed by atoms with E-state index in [1.165, 1.54) is 0 Å². The van der Waals surface area contributed by atoms with Crippen molar-refractivity contribution in [1.29, 1.82) is 0 Å². The molecule has 2 N–H and O–H groups in total. The maximum atomic E-state index is 11.8. The first-order valence-electron chi connectivity index (χ1n) is 6.24. The van der Waals surface area contributed by atoms with Gasteiger partial charge in [-0.15, -0.1) is 12.4 Å². The van der Waals surface area contributed by atoms with Crippen molar-refractivity contribution < 1.29 is 18.3 Å². The molecule has 2 unspecified atom stereocenters. The molecule has 1 saturated heterocycles. The van der Waals surface area contributed by atoms with Crippen LogP contribution in [-0.4, -0.2) is 68.4 Å². The fraction of sp³-hybridized carbons (Fsp3) is 0.909. The Labute approximate surface area is 128 Å². The number of amides is 1. The van der Waals surface area contributed by atoms with Crippen molar-refractivity contribution in [3.8, 4) is 0 Å². The minimum Gasteiger partial charge on any atom is -0.771 e. The van der Waals surface area contributed by atoms with Gasteiger partial charge in [-0.1, -0.05) is 0 Å². The molecule has 1 fully saturated rings. The third-order valence-corrected chi connectivity index (χ3v) is 3.73. The lowest BCUT2D eigenvalue weighted by Gasteiger charge is -2.39. The summed E-state index contributed by atoms with van der Waals surface area (Å²) in [7, 11) is 0. The van der Waals surface area contributed by atoms with Crippen LogP contribution in [0.15, 0.2) is 0 Å². The third kappa shape index (κ3) is 5.92. The van der Waals surface area contributed by atoms with Gasteiger partial charge < -0.3 is 19.9 Å². The van der Waals surface area contributed by atoms with Crippen molar-refractivity contribution >= 4 is 29.6 Å². The zero-order valence-electron chi connectivity index (χ0n) is 12.0. The van der Waals surface area contributed by atoms with Crippen LogP contribution in [-0.2, 0) is 15.8 Å². The lowest BCUT2D eigenvalue weighted by Crippen LogP contribution is -2.55. The number of piperazine rings is 1. The van der Waals surface area contributed by atoms with E-state index in [9.17, 15) is 13.6 Å². The minimum atomic E-state index is -2.22. The summed E-state index contributed by atoms with van der Waals surface area (Å²) in [5.41, 5.74) is 4.92. The predicted molar refractivity (Wildman–Crippen MR) is 78.4 cm³/mol. The number of halogens is 1. The molecule has 1 aliphatic rings. The Kier molecular flexibility index (Phi) is 7.97. The lowest BCUT2D eigenvalue weighted by molar-refractivity contribution is 0.0136. The molecule has 0 aromatic heterocycles. The number of hydrogen-bond acceptors (Lipinski definition) is 6. The van der Waals surface area contributed by atoms with E-state index in [0.29, 0.717) is 26.2 Å². The molecular formula is C11H23ClN3O4S-. The van der Waals surface area contributed by atoms with Gasteiger partial charge in [0.05, 0.1) is 5.37 Å². The minimum absolute atomic E-state index is 0. The molecule has 1 aliphatic heterocycles. The molecule has 0 saturated carbocycles. The molecule has 0 radical (unpaired) electrons. The van der Waals surface area contributed by atoms with Crippen LogP contribution >= 0.6 is 12.4 Å². The van der Waals surface area contributed by atoms with Crippen molar-refractivity contribution in [2.45, 2.75) is 31.7 Å². The van der Waals surface area contributed by atoms with E-state index in [-0.39, 0.29) is 25.0 Å². The molecule has 0 aromatic carbocycles. The summed E-state index contributed by atoms with van der Waals surface area (Å²) in [6.07, 6.45) is -0.361. The van der Waals surface area contributed by atoms with Crippen LogP contribution in [0.4, 0.5) is 4.79 Å². The summed E-state index contributed by atoms with van der Waals surface area (Å²) >= 11 is -2.22. The quantitative estimate of drug-likeness (QED) is 0.739. The molecule has 1 heterocycles. The van der Waals surface area contributed by atoms with Gasteiger partial charge in [0.1, 0.15) is 5.60 Å². The summed E-state index contributed by atoms with van der Waals surface area (Å²) in [6, 6.07) is 0. The van der Waals surface area contributed by atoms with E-state index in [2.05, 4.69) is 0 Å². The summed E-state index contributed by atoms with van der Waals surface area (Å²) < 4.78 is 27.3. The Bertz CT molecular complexity index is 343. The number of nitrogens with zero attached hydrogens (tertiary/aromatic N) is 2. The van der Waals surface area contributed by atoms with Gasteiger partial charge in [0.2, 0.25) is 0 Å². The van der Waals surface area contributed by atoms with Crippen LogP contribution in [0.5, 0.6) is 0 Å². The highest BCUT2D eigenvalue weighted by molar-refractivity contribution is 7.79. The number of carbonyl (C=O) groups is 1. The van der Waals surface area contributed by atoms with Crippen molar-refractivity contribution in [3.63, 3.8) is 0 Å². The highest BCUT2D eigenvalue weighted by atomic mass is 35.5. The summed E-state index contributed by atoms with van der Waals surface area (Å²) in [5.74, 6) is 0. The summed E-state index contributed by atoms with van der Waals surface area (Å²) in [4.78, 5) is 15.2. The largest absolute Gasteiger partial charge is 0.771 e. The fourth-order valence-electron chi connectivity index (χ4n) is 1.87. The first-order chi connectivity index (χ1) is 8.74. The maximum Gasteiger partial charge on any atom is 0.410 e. The molecule has 0 bridgehead atoms. The second kappa shape index (κ2) is 8.14. The Hall–Kier alpha value is -0.410. The smallest absolute Gasteiger partial charge is 0.410 e. The standard InChI is InChI=1S/C11H23N3O4S.ClH/c1-11(2,3)18-10(15)14-6-4-13(5-7-14)9(8-12)19(16)17;/h9H,4-8,12H2,1-3H3,(H,16,17);1H/p-1. The van der Waals surface area contributed by atoms with Gasteiger partial charge in [0.15, 0.2) is 0 Å². The Morgan fingerprint density at radius 3 is 2.20 bits per heavy atom. The molecule has 20 heavy (non-hydrogen) atoms. The third-order valence-electron chi connectivity index (χ3n) is 2.80. The second-order valence-corrected chi connectivity index (χ2v) is 6.52. The molecule has 2 atom stereocenters. The average Bonchev–Trinajstić information content (AvgIpc) is 2.28. The second-order valence-electron chi connectivity index (χ2n) is 5.45. The SMILES string of the molecule is CC(C)(C)OC(=O)N1CCN(C(CN)S(=O)[O-])CC1.Cl. The van der Waals surface area contributed by atoms with Gasteiger partial charge in [0, 0.05) is 32.7 Å². The van der Waals surface area contributed by atoms with Gasteiger partial charge in [0.25, 0.3) is 0 Å². The number of rotatable bonds is 3. The van der Waals surface area contributed by atoms with Crippen LogP contribution in [0.2, 0.25) is 0 Å². The normalized spacial score (nSPS) is 19.9. The van der Waals surface area contributed by atoms with Crippen LogP contribution in [0.1, 0.15) is 20.8 Å². The van der Waals surface area contributed by atoms with Gasteiger partial charge in [-0.25, -0.2) is 4.79 Å². The van der Waals surface area contributed by atoms with Crippen LogP contribution in [0, 0.1) is 0 Å². The number of nitrogens with two attached hydrogens (primary N) is 1. The number of carbonyl (C=O) groups excluding carboxylic acids is 1. The van der Waals surface area contributed by atoms with E-state index in [1.54, 1.807) is 9.80 Å². The van der Waals surface area contributed by atoms with Gasteiger partial charge >= 0.3 is 6.09 Å². The molecule has 0 aromatic rings. The summed E-state index contributed by atoms with van der Waals surface area (Å²) in [6.45, 7) is 7.35. The number of hydrogen-bond donors (Lipinski definition) is 1. The zero-order valence-corrected chi connectivity index (χ0v) is 13.7. The van der Waals surface area contributed by atoms with Gasteiger partial charge in [-0.2, -0.15) is 0 Å². The van der Waals surface area contributed by atoms with Crippen molar-refractivity contribution in [3.05, 3.63) is 0 Å². The molecule has 120 valence electrons. The molecule has 0 spiro atoms. The average molecular weight is 329 g/mol. The number of ether oxygens (including phenoxy) is 1. The Balaban J connectivity index is 0.00000361. The maximum absolute atomic E-state index is 11.8. The lowest BCUT2D eigenvalue weighted by atomic mass is 10.2. The predicted octanol–water partition coefficient (Wildman–Crippen LogP) is 0.125. The van der Waals surface area contributed by atoms with E-state index in [0.717, 1.165) is 0 Å². The zero-order chi connectivity index (χ0) is 14.6. The highest BCUT2D eigenvalue weighted by Crippen LogP contribution is 2.13. The monoisotopic (exact) mass is 328 g/mol. The van der Waals surface area contributed by atoms with Crippen molar-refractivity contribution in [2.75, 3.05) is 32.7 Å². The van der Waals surface area contributed by atoms with Gasteiger partial charge in [-0.3, -0.25) is 9.11 Å². The molecule has 7 nitrogen and oxygen atoms in total. The molecule has 1 rings (SSSR count). The topological polar surface area (TPSA) is 98.9 Å². The van der Waals surface area contributed by atoms with Crippen LogP contribution in [0.3, 0.4) is 0 Å². The summed E-state index contributed by atoms with van der Waals surface area (Å²) in [5, 5.41) is -0.680. The van der Waals surface area contributed by atoms with E-state index >= 15 is 0 Å². The van der Waals surface area contributed by atoms with Gasteiger partial charge in [-0.05, 0) is 31.9 Å². The van der Waals surface area contributed by atoms with Crippen LogP contribution in [0.25, 0.3) is 0 Å². The van der Waals surface area contributed by atoms with Crippen molar-refractivity contribution in [2.24, 2.45) is 5.73 Å². The Morgan fingerprint density at radius 1 is 1.35 bits per heavy atom.